The Morgan fingerprint density at radius 2 is 2.17 bits per heavy atom. The van der Waals surface area contributed by atoms with Crippen molar-refractivity contribution in [3.8, 4) is 6.07 Å². The molecule has 1 unspecified atom stereocenters. The molecule has 0 fully saturated rings. The summed E-state index contributed by atoms with van der Waals surface area (Å²) in [6, 6.07) is 2.22. The predicted molar refractivity (Wildman–Crippen MR) is 51.7 cm³/mol. The highest BCUT2D eigenvalue weighted by Crippen LogP contribution is 1.97. The fourth-order valence-corrected chi connectivity index (χ4v) is 0.921. The molecule has 0 N–H and O–H groups in total. The molecule has 0 aliphatic rings. The van der Waals surface area contributed by atoms with Gasteiger partial charge in [-0.25, -0.2) is 0 Å². The van der Waals surface area contributed by atoms with Crippen LogP contribution in [0, 0.1) is 17.2 Å². The molecule has 68 valence electrons. The van der Waals surface area contributed by atoms with Crippen molar-refractivity contribution in [3.05, 3.63) is 11.6 Å². The van der Waals surface area contributed by atoms with Gasteiger partial charge >= 0.3 is 0 Å². The molecule has 1 atom stereocenters. The minimum atomic E-state index is 0.126. The molecule has 0 saturated carbocycles. The van der Waals surface area contributed by atoms with E-state index in [9.17, 15) is 0 Å². The second kappa shape index (κ2) is 5.79. The molecule has 0 aliphatic heterocycles. The monoisotopic (exact) mass is 166 g/mol. The number of hydrogen-bond acceptors (Lipinski definition) is 2. The molecular formula is C10H18N2. The van der Waals surface area contributed by atoms with Gasteiger partial charge in [0.1, 0.15) is 0 Å². The van der Waals surface area contributed by atoms with Crippen molar-refractivity contribution in [2.24, 2.45) is 5.92 Å². The van der Waals surface area contributed by atoms with E-state index in [-0.39, 0.29) is 5.92 Å². The lowest BCUT2D eigenvalue weighted by atomic mass is 10.2. The second-order valence-corrected chi connectivity index (χ2v) is 3.53. The molecule has 12 heavy (non-hydrogen) atoms. The van der Waals surface area contributed by atoms with Crippen molar-refractivity contribution < 1.29 is 0 Å². The summed E-state index contributed by atoms with van der Waals surface area (Å²) in [6.45, 7) is 7.90. The molecule has 0 saturated heterocycles. The van der Waals surface area contributed by atoms with Gasteiger partial charge in [-0.2, -0.15) is 5.26 Å². The average molecular weight is 166 g/mol. The highest BCUT2D eigenvalue weighted by molar-refractivity contribution is 4.95. The number of likely N-dealkylation sites (N-methyl/N-ethyl adjacent to an activating group) is 1. The van der Waals surface area contributed by atoms with E-state index in [0.717, 1.165) is 13.1 Å². The van der Waals surface area contributed by atoms with E-state index >= 15 is 0 Å². The SMILES string of the molecule is CC(C)=CCN(C)CC(C)C#N. The van der Waals surface area contributed by atoms with E-state index in [1.807, 2.05) is 14.0 Å². The average Bonchev–Trinajstić information content (AvgIpc) is 2.00. The Labute approximate surface area is 75.5 Å². The fraction of sp³-hybridized carbons (Fsp3) is 0.700. The Morgan fingerprint density at radius 1 is 1.58 bits per heavy atom. The maximum absolute atomic E-state index is 8.57. The van der Waals surface area contributed by atoms with Crippen LogP contribution in [-0.4, -0.2) is 25.0 Å². The van der Waals surface area contributed by atoms with E-state index in [2.05, 4.69) is 30.9 Å². The number of nitriles is 1. The number of nitrogens with zero attached hydrogens (tertiary/aromatic N) is 2. The quantitative estimate of drug-likeness (QED) is 0.598. The van der Waals surface area contributed by atoms with Crippen LogP contribution < -0.4 is 0 Å². The first-order valence-corrected chi connectivity index (χ1v) is 4.27. The summed E-state index contributed by atoms with van der Waals surface area (Å²) in [7, 11) is 2.04. The van der Waals surface area contributed by atoms with Crippen molar-refractivity contribution in [2.45, 2.75) is 20.8 Å². The summed E-state index contributed by atoms with van der Waals surface area (Å²) < 4.78 is 0. The van der Waals surface area contributed by atoms with Crippen LogP contribution in [-0.2, 0) is 0 Å². The Balaban J connectivity index is 3.68. The van der Waals surface area contributed by atoms with Gasteiger partial charge in [-0.1, -0.05) is 11.6 Å². The van der Waals surface area contributed by atoms with Gasteiger partial charge in [0.2, 0.25) is 0 Å². The molecule has 0 bridgehead atoms. The lowest BCUT2D eigenvalue weighted by molar-refractivity contribution is 0.341. The smallest absolute Gasteiger partial charge is 0.0666 e. The first-order valence-electron chi connectivity index (χ1n) is 4.27. The minimum Gasteiger partial charge on any atom is -0.301 e. The molecule has 0 radical (unpaired) electrons. The summed E-state index contributed by atoms with van der Waals surface area (Å²) in [4.78, 5) is 2.15. The highest BCUT2D eigenvalue weighted by atomic mass is 15.1. The van der Waals surface area contributed by atoms with Crippen LogP contribution in [0.4, 0.5) is 0 Å². The number of allylic oxidation sites excluding steroid dienone is 1. The molecule has 0 amide bonds. The van der Waals surface area contributed by atoms with Gasteiger partial charge in [0.25, 0.3) is 0 Å². The van der Waals surface area contributed by atoms with E-state index in [4.69, 9.17) is 5.26 Å². The van der Waals surface area contributed by atoms with Gasteiger partial charge in [-0.3, -0.25) is 0 Å². The molecule has 0 aromatic rings. The zero-order valence-corrected chi connectivity index (χ0v) is 8.46. The van der Waals surface area contributed by atoms with Crippen molar-refractivity contribution in [2.75, 3.05) is 20.1 Å². The summed E-state index contributed by atoms with van der Waals surface area (Å²) in [6.07, 6.45) is 2.17. The van der Waals surface area contributed by atoms with Gasteiger partial charge < -0.3 is 4.90 Å². The lowest BCUT2D eigenvalue weighted by Gasteiger charge is -2.15. The normalized spacial score (nSPS) is 12.3. The molecule has 0 aliphatic carbocycles. The Morgan fingerprint density at radius 3 is 2.58 bits per heavy atom. The van der Waals surface area contributed by atoms with Crippen molar-refractivity contribution in [1.29, 1.82) is 5.26 Å². The second-order valence-electron chi connectivity index (χ2n) is 3.53. The van der Waals surface area contributed by atoms with Crippen molar-refractivity contribution in [3.63, 3.8) is 0 Å². The van der Waals surface area contributed by atoms with Gasteiger partial charge in [-0.05, 0) is 27.8 Å². The van der Waals surface area contributed by atoms with Crippen molar-refractivity contribution >= 4 is 0 Å². The number of rotatable bonds is 4. The van der Waals surface area contributed by atoms with Crippen LogP contribution in [0.5, 0.6) is 0 Å². The van der Waals surface area contributed by atoms with E-state index < -0.39 is 0 Å². The minimum absolute atomic E-state index is 0.126. The fourth-order valence-electron chi connectivity index (χ4n) is 0.921. The highest BCUT2D eigenvalue weighted by Gasteiger charge is 2.02. The molecular weight excluding hydrogens is 148 g/mol. The van der Waals surface area contributed by atoms with Crippen LogP contribution in [0.15, 0.2) is 11.6 Å². The van der Waals surface area contributed by atoms with Gasteiger partial charge in [0.05, 0.1) is 12.0 Å². The van der Waals surface area contributed by atoms with Gasteiger partial charge in [0, 0.05) is 13.1 Å². The summed E-state index contributed by atoms with van der Waals surface area (Å²) >= 11 is 0. The Bertz CT molecular complexity index is 185. The standard InChI is InChI=1S/C10H18N2/c1-9(2)5-6-12(4)8-10(3)7-11/h5,10H,6,8H2,1-4H3. The van der Waals surface area contributed by atoms with Gasteiger partial charge in [-0.15, -0.1) is 0 Å². The van der Waals surface area contributed by atoms with Gasteiger partial charge in [0.15, 0.2) is 0 Å². The summed E-state index contributed by atoms with van der Waals surface area (Å²) in [5.74, 6) is 0.126. The maximum atomic E-state index is 8.57. The zero-order valence-electron chi connectivity index (χ0n) is 8.46. The summed E-state index contributed by atoms with van der Waals surface area (Å²) in [5.41, 5.74) is 1.33. The van der Waals surface area contributed by atoms with E-state index in [1.54, 1.807) is 0 Å². The molecule has 2 nitrogen and oxygen atoms in total. The zero-order chi connectivity index (χ0) is 9.56. The topological polar surface area (TPSA) is 27.0 Å². The molecule has 0 heterocycles. The predicted octanol–water partition coefficient (Wildman–Crippen LogP) is 2.04. The number of hydrogen-bond donors (Lipinski definition) is 0. The third-order valence-corrected chi connectivity index (χ3v) is 1.62. The van der Waals surface area contributed by atoms with Crippen molar-refractivity contribution in [1.82, 2.24) is 4.90 Å². The Hall–Kier alpha value is -0.810. The first kappa shape index (κ1) is 11.2. The molecule has 0 aromatic carbocycles. The van der Waals surface area contributed by atoms with Crippen LogP contribution in [0.2, 0.25) is 0 Å². The first-order chi connectivity index (χ1) is 5.56. The largest absolute Gasteiger partial charge is 0.301 e. The third kappa shape index (κ3) is 5.94. The molecule has 0 rings (SSSR count). The van der Waals surface area contributed by atoms with E-state index in [0.29, 0.717) is 0 Å². The molecule has 0 aromatic heterocycles. The lowest BCUT2D eigenvalue weighted by Crippen LogP contribution is -2.23. The van der Waals surface area contributed by atoms with Crippen LogP contribution in [0.25, 0.3) is 0 Å². The molecule has 0 spiro atoms. The Kier molecular flexibility index (Phi) is 5.40. The van der Waals surface area contributed by atoms with Crippen LogP contribution in [0.3, 0.4) is 0 Å². The third-order valence-electron chi connectivity index (χ3n) is 1.62. The maximum Gasteiger partial charge on any atom is 0.0666 e. The van der Waals surface area contributed by atoms with Crippen LogP contribution in [0.1, 0.15) is 20.8 Å². The van der Waals surface area contributed by atoms with E-state index in [1.165, 1.54) is 5.57 Å². The molecule has 2 heteroatoms. The summed E-state index contributed by atoms with van der Waals surface area (Å²) in [5, 5.41) is 8.57. The van der Waals surface area contributed by atoms with Crippen LogP contribution >= 0.6 is 0 Å².